The fourth-order valence-electron chi connectivity index (χ4n) is 6.42. The molecule has 6 atom stereocenters. The number of carboxylic acids is 2. The zero-order valence-corrected chi connectivity index (χ0v) is 30.5. The lowest BCUT2D eigenvalue weighted by Crippen LogP contribution is -2.62. The molecule has 0 radical (unpaired) electrons. The molecule has 0 aliphatic carbocycles. The number of nitrogens with zero attached hydrogens (tertiary/aromatic N) is 2. The SMILES string of the molecule is CC(C)(C)C1=C(C(=O)O)N2C(=O)[C@@H](CC(=O)[C@H](N)c3ccccc3)[C@H]2SC1.N[C@@H](C(=O)C[C@@H]1C(=O)N2C(C(=O)O)=C(Cl)CS[C@H]12)c1ccccc1. The third-order valence-electron chi connectivity index (χ3n) is 9.27. The Morgan fingerprint density at radius 3 is 1.53 bits per heavy atom. The quantitative estimate of drug-likeness (QED) is 0.252. The summed E-state index contributed by atoms with van der Waals surface area (Å²) in [6, 6.07) is 16.4. The van der Waals surface area contributed by atoms with E-state index < -0.39 is 41.8 Å². The summed E-state index contributed by atoms with van der Waals surface area (Å²) < 4.78 is 0. The third-order valence-corrected chi connectivity index (χ3v) is 12.4. The number of carboxylic acid groups (broad SMARTS) is 2. The van der Waals surface area contributed by atoms with E-state index in [2.05, 4.69) is 0 Å². The molecule has 51 heavy (non-hydrogen) atoms. The van der Waals surface area contributed by atoms with Gasteiger partial charge in [-0.05, 0) is 22.1 Å². The van der Waals surface area contributed by atoms with Gasteiger partial charge in [-0.15, -0.1) is 23.5 Å². The van der Waals surface area contributed by atoms with E-state index in [1.54, 1.807) is 36.4 Å². The summed E-state index contributed by atoms with van der Waals surface area (Å²) in [5, 5.41) is 18.3. The Hall–Kier alpha value is -3.95. The monoisotopic (exact) mass is 754 g/mol. The number of hydrogen-bond donors (Lipinski definition) is 4. The predicted octanol–water partition coefficient (Wildman–Crippen LogP) is 4.27. The van der Waals surface area contributed by atoms with Gasteiger partial charge >= 0.3 is 11.9 Å². The number of aliphatic carboxylic acids is 2. The molecule has 12 nitrogen and oxygen atoms in total. The molecule has 2 amide bonds. The van der Waals surface area contributed by atoms with Crippen LogP contribution in [-0.2, 0) is 28.8 Å². The molecular weight excluding hydrogens is 716 g/mol. The molecule has 270 valence electrons. The zero-order valence-electron chi connectivity index (χ0n) is 28.2. The van der Waals surface area contributed by atoms with Crippen molar-refractivity contribution in [1.29, 1.82) is 0 Å². The fraction of sp³-hybridized carbons (Fsp3) is 0.389. The highest BCUT2D eigenvalue weighted by molar-refractivity contribution is 8.00. The highest BCUT2D eigenvalue weighted by atomic mass is 35.5. The minimum absolute atomic E-state index is 0.00637. The number of ketones is 2. The van der Waals surface area contributed by atoms with Crippen LogP contribution in [0.15, 0.2) is 82.7 Å². The zero-order chi connectivity index (χ0) is 37.4. The molecule has 4 aliphatic heterocycles. The van der Waals surface area contributed by atoms with E-state index in [9.17, 15) is 39.0 Å². The van der Waals surface area contributed by atoms with E-state index in [-0.39, 0.29) is 62.9 Å². The van der Waals surface area contributed by atoms with Crippen LogP contribution in [-0.4, -0.2) is 77.6 Å². The van der Waals surface area contributed by atoms with Crippen LogP contribution < -0.4 is 11.5 Å². The molecule has 15 heteroatoms. The van der Waals surface area contributed by atoms with E-state index in [0.717, 1.165) is 5.57 Å². The van der Waals surface area contributed by atoms with Crippen LogP contribution in [0.2, 0.25) is 0 Å². The summed E-state index contributed by atoms with van der Waals surface area (Å²) in [5.74, 6) is -3.70. The normalized spacial score (nSPS) is 23.9. The number of halogens is 1. The summed E-state index contributed by atoms with van der Waals surface area (Å²) in [7, 11) is 0. The lowest BCUT2D eigenvalue weighted by molar-refractivity contribution is -0.154. The van der Waals surface area contributed by atoms with Crippen LogP contribution in [0.25, 0.3) is 0 Å². The molecule has 2 aromatic carbocycles. The molecule has 4 heterocycles. The Balaban J connectivity index is 0.000000199. The topological polar surface area (TPSA) is 201 Å². The van der Waals surface area contributed by atoms with E-state index in [0.29, 0.717) is 22.6 Å². The average molecular weight is 755 g/mol. The van der Waals surface area contributed by atoms with Gasteiger partial charge in [0.2, 0.25) is 11.8 Å². The number of fused-ring (bicyclic) bond motifs is 2. The second kappa shape index (κ2) is 15.3. The molecule has 2 fully saturated rings. The van der Waals surface area contributed by atoms with Gasteiger partial charge in [-0.2, -0.15) is 0 Å². The second-order valence-corrected chi connectivity index (χ2v) is 16.3. The number of hydrogen-bond acceptors (Lipinski definition) is 10. The smallest absolute Gasteiger partial charge is 0.353 e. The molecule has 4 aliphatic rings. The van der Waals surface area contributed by atoms with E-state index in [4.69, 9.17) is 23.1 Å². The van der Waals surface area contributed by atoms with Gasteiger partial charge in [-0.1, -0.05) is 93.0 Å². The number of β-lactam (4-membered cyclic amide) rings is 2. The van der Waals surface area contributed by atoms with Crippen LogP contribution in [0.1, 0.15) is 56.8 Å². The summed E-state index contributed by atoms with van der Waals surface area (Å²) in [6.45, 7) is 5.82. The van der Waals surface area contributed by atoms with Gasteiger partial charge in [0.15, 0.2) is 11.6 Å². The largest absolute Gasteiger partial charge is 0.477 e. The van der Waals surface area contributed by atoms with Crippen molar-refractivity contribution in [3.05, 3.63) is 93.8 Å². The molecule has 2 aromatic rings. The van der Waals surface area contributed by atoms with E-state index in [1.165, 1.54) is 33.3 Å². The molecule has 0 saturated carbocycles. The number of carbonyl (C=O) groups excluding carboxylic acids is 4. The number of nitrogens with two attached hydrogens (primary N) is 2. The van der Waals surface area contributed by atoms with Gasteiger partial charge in [0.05, 0.1) is 39.7 Å². The molecule has 2 saturated heterocycles. The average Bonchev–Trinajstić information content (AvgIpc) is 3.11. The second-order valence-electron chi connectivity index (χ2n) is 13.6. The Morgan fingerprint density at radius 2 is 1.14 bits per heavy atom. The summed E-state index contributed by atoms with van der Waals surface area (Å²) >= 11 is 8.80. The Morgan fingerprint density at radius 1 is 0.745 bits per heavy atom. The van der Waals surface area contributed by atoms with Crippen molar-refractivity contribution in [2.75, 3.05) is 11.5 Å². The maximum Gasteiger partial charge on any atom is 0.353 e. The van der Waals surface area contributed by atoms with Crippen molar-refractivity contribution in [2.24, 2.45) is 28.7 Å². The first kappa shape index (κ1) is 38.3. The van der Waals surface area contributed by atoms with Crippen LogP contribution in [0, 0.1) is 17.3 Å². The summed E-state index contributed by atoms with van der Waals surface area (Å²) in [4.78, 5) is 75.6. The molecule has 6 N–H and O–H groups in total. The summed E-state index contributed by atoms with van der Waals surface area (Å²) in [5.41, 5.74) is 13.7. The number of rotatable bonds is 10. The lowest BCUT2D eigenvalue weighted by atomic mass is 9.82. The molecule has 6 rings (SSSR count). The first-order valence-electron chi connectivity index (χ1n) is 16.2. The van der Waals surface area contributed by atoms with Crippen molar-refractivity contribution in [3.8, 4) is 0 Å². The van der Waals surface area contributed by atoms with Crippen LogP contribution in [0.3, 0.4) is 0 Å². The van der Waals surface area contributed by atoms with Gasteiger partial charge in [-0.25, -0.2) is 9.59 Å². The highest BCUT2D eigenvalue weighted by Crippen LogP contribution is 2.49. The first-order chi connectivity index (χ1) is 24.0. The maximum absolute atomic E-state index is 12.7. The van der Waals surface area contributed by atoms with Gasteiger partial charge in [0, 0.05) is 24.3 Å². The van der Waals surface area contributed by atoms with Gasteiger partial charge in [0.25, 0.3) is 0 Å². The number of thioether (sulfide) groups is 2. The van der Waals surface area contributed by atoms with Crippen LogP contribution in [0.5, 0.6) is 0 Å². The Kier molecular flexibility index (Phi) is 11.5. The molecular formula is C36H39ClN4O8S2. The number of carbonyl (C=O) groups is 6. The van der Waals surface area contributed by atoms with E-state index >= 15 is 0 Å². The highest BCUT2D eigenvalue weighted by Gasteiger charge is 2.55. The minimum atomic E-state index is -1.23. The summed E-state index contributed by atoms with van der Waals surface area (Å²) in [6.07, 6.45) is 0.0222. The van der Waals surface area contributed by atoms with Crippen molar-refractivity contribution >= 4 is 70.4 Å². The maximum atomic E-state index is 12.7. The van der Waals surface area contributed by atoms with Crippen LogP contribution >= 0.6 is 35.1 Å². The number of Topliss-reactive ketones (excluding diaryl/α,β-unsaturated/α-hetero) is 2. The van der Waals surface area contributed by atoms with Crippen molar-refractivity contribution in [1.82, 2.24) is 9.80 Å². The lowest BCUT2D eigenvalue weighted by Gasteiger charge is -2.51. The van der Waals surface area contributed by atoms with E-state index in [1.807, 2.05) is 45.0 Å². The van der Waals surface area contributed by atoms with Crippen molar-refractivity contribution < 1.29 is 39.0 Å². The fourth-order valence-corrected chi connectivity index (χ4v) is 9.75. The minimum Gasteiger partial charge on any atom is -0.477 e. The van der Waals surface area contributed by atoms with Gasteiger partial charge in [-0.3, -0.25) is 29.0 Å². The van der Waals surface area contributed by atoms with Crippen molar-refractivity contribution in [3.63, 3.8) is 0 Å². The molecule has 0 unspecified atom stereocenters. The van der Waals surface area contributed by atoms with Gasteiger partial charge in [0.1, 0.15) is 11.4 Å². The molecule has 0 spiro atoms. The van der Waals surface area contributed by atoms with Crippen LogP contribution in [0.4, 0.5) is 0 Å². The molecule has 0 bridgehead atoms. The standard InChI is InChI=1S/C20H24N2O4S.C16H15ClN2O4S/c1-20(2,3)13-10-27-18-12(17(24)22(18)16(13)19(25)26)9-14(23)15(21)11-7-5-4-6-8-11;17-10-7-24-15-9(14(21)19(15)13(10)16(22)23)6-11(20)12(18)8-4-2-1-3-5-8/h4-8,12,15,18H,9-10,21H2,1-3H3,(H,25,26);1-5,9,12,15H,6-7,18H2,(H,22,23)/t12-,15-,18-;9-,12-,15-/m11/s1. The van der Waals surface area contributed by atoms with Crippen molar-refractivity contribution in [2.45, 2.75) is 56.4 Å². The Bertz CT molecular complexity index is 1810. The molecule has 0 aromatic heterocycles. The number of benzene rings is 2. The first-order valence-corrected chi connectivity index (χ1v) is 18.7. The third kappa shape index (κ3) is 7.65. The van der Waals surface area contributed by atoms with Gasteiger partial charge < -0.3 is 21.7 Å². The predicted molar refractivity (Wildman–Crippen MR) is 194 cm³/mol. The number of amides is 2. The Labute approximate surface area is 308 Å².